The zero-order valence-corrected chi connectivity index (χ0v) is 13.9. The Kier molecular flexibility index (Phi) is 7.60. The molecule has 0 aliphatic rings. The smallest absolute Gasteiger partial charge is 0.305 e. The molecule has 2 N–H and O–H groups in total. The van der Waals surface area contributed by atoms with Gasteiger partial charge in [-0.3, -0.25) is 9.59 Å². The highest BCUT2D eigenvalue weighted by Crippen LogP contribution is 2.21. The molecular weight excluding hydrogens is 346 g/mol. The minimum Gasteiger partial charge on any atom is -0.481 e. The lowest BCUT2D eigenvalue weighted by molar-refractivity contribution is -0.138. The minimum absolute atomic E-state index is 0.164. The fourth-order valence-electron chi connectivity index (χ4n) is 2.12. The Morgan fingerprint density at radius 2 is 1.73 bits per heavy atom. The molecule has 0 saturated carbocycles. The van der Waals surface area contributed by atoms with Crippen LogP contribution in [0.1, 0.15) is 30.9 Å². The molecule has 0 bridgehead atoms. The van der Waals surface area contributed by atoms with E-state index < -0.39 is 12.0 Å². The molecule has 1 amide bonds. The van der Waals surface area contributed by atoms with E-state index in [1.54, 1.807) is 24.3 Å². The standard InChI is InChI=1S/C17H20BrNO3/c1-3-5-13(6-4-2)17(22)19-15(11-16(20)21)12-7-9-14(18)10-8-12/h3-4,7-10,13,15H,1-2,5-6,11H2,(H,19,22)(H,20,21). The first-order valence-corrected chi connectivity index (χ1v) is 7.76. The highest BCUT2D eigenvalue weighted by molar-refractivity contribution is 9.10. The molecule has 0 aliphatic carbocycles. The predicted octanol–water partition coefficient (Wildman–Crippen LogP) is 3.85. The summed E-state index contributed by atoms with van der Waals surface area (Å²) in [5, 5.41) is 11.9. The van der Waals surface area contributed by atoms with Gasteiger partial charge in [0.25, 0.3) is 0 Å². The maximum Gasteiger partial charge on any atom is 0.305 e. The molecule has 5 heteroatoms. The van der Waals surface area contributed by atoms with Crippen molar-refractivity contribution in [1.29, 1.82) is 0 Å². The van der Waals surface area contributed by atoms with E-state index in [0.717, 1.165) is 10.0 Å². The minimum atomic E-state index is -0.961. The van der Waals surface area contributed by atoms with Crippen LogP contribution < -0.4 is 5.32 Å². The molecule has 4 nitrogen and oxygen atoms in total. The van der Waals surface area contributed by atoms with Crippen LogP contribution in [0.4, 0.5) is 0 Å². The maximum atomic E-state index is 12.3. The van der Waals surface area contributed by atoms with Crippen LogP contribution in [-0.2, 0) is 9.59 Å². The van der Waals surface area contributed by atoms with Gasteiger partial charge in [0.2, 0.25) is 5.91 Å². The molecule has 0 aliphatic heterocycles. The number of nitrogens with one attached hydrogen (secondary N) is 1. The summed E-state index contributed by atoms with van der Waals surface area (Å²) in [6.07, 6.45) is 4.25. The molecule has 0 radical (unpaired) electrons. The summed E-state index contributed by atoms with van der Waals surface area (Å²) in [6.45, 7) is 7.29. The van der Waals surface area contributed by atoms with E-state index in [0.29, 0.717) is 12.8 Å². The number of hydrogen-bond donors (Lipinski definition) is 2. The summed E-state index contributed by atoms with van der Waals surface area (Å²) < 4.78 is 0.896. The second-order valence-electron chi connectivity index (χ2n) is 4.96. The van der Waals surface area contributed by atoms with Gasteiger partial charge in [0.05, 0.1) is 12.5 Å². The van der Waals surface area contributed by atoms with E-state index in [-0.39, 0.29) is 18.2 Å². The van der Waals surface area contributed by atoms with Crippen molar-refractivity contribution in [2.24, 2.45) is 5.92 Å². The summed E-state index contributed by atoms with van der Waals surface area (Å²) in [5.41, 5.74) is 0.759. The number of carbonyl (C=O) groups excluding carboxylic acids is 1. The van der Waals surface area contributed by atoms with Gasteiger partial charge in [-0.05, 0) is 30.5 Å². The third-order valence-electron chi connectivity index (χ3n) is 3.24. The molecule has 0 fully saturated rings. The van der Waals surface area contributed by atoms with Gasteiger partial charge in [-0.1, -0.05) is 40.2 Å². The van der Waals surface area contributed by atoms with E-state index >= 15 is 0 Å². The molecular formula is C17H20BrNO3. The van der Waals surface area contributed by atoms with Crippen molar-refractivity contribution in [3.63, 3.8) is 0 Å². The van der Waals surface area contributed by atoms with E-state index in [1.165, 1.54) is 0 Å². The lowest BCUT2D eigenvalue weighted by atomic mass is 9.98. The number of amides is 1. The average Bonchev–Trinajstić information content (AvgIpc) is 2.46. The SMILES string of the molecule is C=CCC(CC=C)C(=O)NC(CC(=O)O)c1ccc(Br)cc1. The van der Waals surface area contributed by atoms with Crippen LogP contribution in [0, 0.1) is 5.92 Å². The highest BCUT2D eigenvalue weighted by Gasteiger charge is 2.22. The van der Waals surface area contributed by atoms with Crippen LogP contribution in [0.15, 0.2) is 54.0 Å². The summed E-state index contributed by atoms with van der Waals surface area (Å²) in [4.78, 5) is 23.4. The monoisotopic (exact) mass is 365 g/mol. The van der Waals surface area contributed by atoms with Crippen molar-refractivity contribution in [2.75, 3.05) is 0 Å². The van der Waals surface area contributed by atoms with Crippen LogP contribution in [-0.4, -0.2) is 17.0 Å². The second-order valence-corrected chi connectivity index (χ2v) is 5.87. The maximum absolute atomic E-state index is 12.3. The fourth-order valence-corrected chi connectivity index (χ4v) is 2.39. The van der Waals surface area contributed by atoms with Gasteiger partial charge < -0.3 is 10.4 Å². The number of allylic oxidation sites excluding steroid dienone is 2. The zero-order chi connectivity index (χ0) is 16.5. The van der Waals surface area contributed by atoms with Crippen LogP contribution >= 0.6 is 15.9 Å². The Balaban J connectivity index is 2.90. The molecule has 1 aromatic carbocycles. The lowest BCUT2D eigenvalue weighted by Crippen LogP contribution is -2.34. The van der Waals surface area contributed by atoms with Crippen LogP contribution in [0.5, 0.6) is 0 Å². The van der Waals surface area contributed by atoms with Gasteiger partial charge in [0.15, 0.2) is 0 Å². The molecule has 0 aromatic heterocycles. The number of carboxylic acids is 1. The van der Waals surface area contributed by atoms with Crippen LogP contribution in [0.3, 0.4) is 0 Å². The number of rotatable bonds is 9. The van der Waals surface area contributed by atoms with Crippen LogP contribution in [0.2, 0.25) is 0 Å². The Labute approximate surface area is 139 Å². The summed E-state index contributed by atoms with van der Waals surface area (Å²) in [7, 11) is 0. The van der Waals surface area contributed by atoms with Crippen LogP contribution in [0.25, 0.3) is 0 Å². The number of benzene rings is 1. The molecule has 1 aromatic rings. The highest BCUT2D eigenvalue weighted by atomic mass is 79.9. The molecule has 22 heavy (non-hydrogen) atoms. The average molecular weight is 366 g/mol. The number of carbonyl (C=O) groups is 2. The molecule has 0 heterocycles. The second kappa shape index (κ2) is 9.20. The largest absolute Gasteiger partial charge is 0.481 e. The number of aliphatic carboxylic acids is 1. The fraction of sp³-hybridized carbons (Fsp3) is 0.294. The van der Waals surface area contributed by atoms with Gasteiger partial charge >= 0.3 is 5.97 Å². The third kappa shape index (κ3) is 5.85. The number of carboxylic acid groups (broad SMARTS) is 1. The summed E-state index contributed by atoms with van der Waals surface area (Å²) in [6, 6.07) is 6.68. The van der Waals surface area contributed by atoms with Gasteiger partial charge in [0.1, 0.15) is 0 Å². The molecule has 118 valence electrons. The van der Waals surface area contributed by atoms with Crippen molar-refractivity contribution in [1.82, 2.24) is 5.32 Å². The van der Waals surface area contributed by atoms with Gasteiger partial charge in [-0.2, -0.15) is 0 Å². The van der Waals surface area contributed by atoms with E-state index in [9.17, 15) is 9.59 Å². The normalized spacial score (nSPS) is 11.7. The van der Waals surface area contributed by atoms with E-state index in [2.05, 4.69) is 34.4 Å². The predicted molar refractivity (Wildman–Crippen MR) is 90.4 cm³/mol. The topological polar surface area (TPSA) is 66.4 Å². The third-order valence-corrected chi connectivity index (χ3v) is 3.77. The first-order valence-electron chi connectivity index (χ1n) is 6.97. The summed E-state index contributed by atoms with van der Waals surface area (Å²) >= 11 is 3.33. The molecule has 1 unspecified atom stereocenters. The Bertz CT molecular complexity index is 529. The Morgan fingerprint density at radius 3 is 2.18 bits per heavy atom. The first kappa shape index (κ1) is 18.2. The molecule has 1 atom stereocenters. The Hall–Kier alpha value is -1.88. The molecule has 0 spiro atoms. The van der Waals surface area contributed by atoms with Crippen molar-refractivity contribution >= 4 is 27.8 Å². The first-order chi connectivity index (χ1) is 10.5. The number of hydrogen-bond acceptors (Lipinski definition) is 2. The van der Waals surface area contributed by atoms with Crippen molar-refractivity contribution in [3.8, 4) is 0 Å². The summed E-state index contributed by atoms with van der Waals surface area (Å²) in [5.74, 6) is -1.42. The quantitative estimate of drug-likeness (QED) is 0.653. The molecule has 0 saturated heterocycles. The van der Waals surface area contributed by atoms with Gasteiger partial charge in [0, 0.05) is 10.4 Å². The van der Waals surface area contributed by atoms with E-state index in [1.807, 2.05) is 12.1 Å². The van der Waals surface area contributed by atoms with Gasteiger partial charge in [-0.15, -0.1) is 13.2 Å². The zero-order valence-electron chi connectivity index (χ0n) is 12.3. The van der Waals surface area contributed by atoms with Crippen molar-refractivity contribution in [2.45, 2.75) is 25.3 Å². The lowest BCUT2D eigenvalue weighted by Gasteiger charge is -2.21. The number of halogens is 1. The van der Waals surface area contributed by atoms with E-state index in [4.69, 9.17) is 5.11 Å². The van der Waals surface area contributed by atoms with Crippen molar-refractivity contribution in [3.05, 3.63) is 59.6 Å². The Morgan fingerprint density at radius 1 is 1.18 bits per heavy atom. The van der Waals surface area contributed by atoms with Gasteiger partial charge in [-0.25, -0.2) is 0 Å². The molecule has 1 rings (SSSR count). The van der Waals surface area contributed by atoms with Crippen molar-refractivity contribution < 1.29 is 14.7 Å².